The van der Waals surface area contributed by atoms with E-state index in [4.69, 9.17) is 11.0 Å². The summed E-state index contributed by atoms with van der Waals surface area (Å²) in [5.74, 6) is -0.321. The number of nitrogens with zero attached hydrogens (tertiary/aromatic N) is 2. The van der Waals surface area contributed by atoms with Gasteiger partial charge in [0.15, 0.2) is 6.07 Å². The Bertz CT molecular complexity index is 618. The average molecular weight is 212 g/mol. The first-order valence-electron chi connectivity index (χ1n) is 4.56. The summed E-state index contributed by atoms with van der Waals surface area (Å²) in [6, 6.07) is 8.86. The number of fused-ring (bicyclic) bond motifs is 1. The van der Waals surface area contributed by atoms with Gasteiger partial charge in [0.25, 0.3) is 0 Å². The van der Waals surface area contributed by atoms with Gasteiger partial charge in [-0.2, -0.15) is 5.26 Å². The minimum Gasteiger partial charge on any atom is -0.385 e. The number of carbonyl (C=O) groups is 1. The third-order valence-electron chi connectivity index (χ3n) is 2.18. The zero-order valence-corrected chi connectivity index (χ0v) is 8.27. The van der Waals surface area contributed by atoms with Gasteiger partial charge in [-0.05, 0) is 0 Å². The number of hydrogen-bond donors (Lipinski definition) is 2. The molecule has 0 unspecified atom stereocenters. The molecular formula is C11H8N4O. The zero-order valence-electron chi connectivity index (χ0n) is 8.27. The molecule has 0 saturated heterocycles. The second kappa shape index (κ2) is 3.87. The maximum absolute atomic E-state index is 10.7. The molecule has 0 atom stereocenters. The first kappa shape index (κ1) is 9.93. The van der Waals surface area contributed by atoms with Crippen molar-refractivity contribution in [3.63, 3.8) is 0 Å². The first-order valence-corrected chi connectivity index (χ1v) is 4.56. The van der Waals surface area contributed by atoms with E-state index in [0.717, 1.165) is 10.8 Å². The number of amides is 1. The number of benzene rings is 1. The standard InChI is InChI=1S/C11H8N4O/c12-5-10(16)14-6-9-7-3-1-2-4-8(7)11(13)15-9/h1-4,6,15H,13H2. The van der Waals surface area contributed by atoms with Gasteiger partial charge < -0.3 is 10.7 Å². The number of aromatic nitrogens is 1. The van der Waals surface area contributed by atoms with Gasteiger partial charge >= 0.3 is 5.91 Å². The molecule has 16 heavy (non-hydrogen) atoms. The summed E-state index contributed by atoms with van der Waals surface area (Å²) in [7, 11) is 0. The molecular weight excluding hydrogens is 204 g/mol. The van der Waals surface area contributed by atoms with E-state index in [2.05, 4.69) is 9.98 Å². The number of aliphatic imine (C=N–C) groups is 1. The van der Waals surface area contributed by atoms with Crippen LogP contribution in [0, 0.1) is 11.3 Å². The number of rotatable bonds is 1. The largest absolute Gasteiger partial charge is 0.385 e. The van der Waals surface area contributed by atoms with E-state index in [0.29, 0.717) is 11.5 Å². The Balaban J connectivity index is 2.51. The van der Waals surface area contributed by atoms with Crippen LogP contribution in [0.1, 0.15) is 5.69 Å². The van der Waals surface area contributed by atoms with Crippen LogP contribution in [0.25, 0.3) is 10.8 Å². The molecule has 2 aromatic rings. The third kappa shape index (κ3) is 1.64. The number of nitrogen functional groups attached to an aromatic ring is 1. The van der Waals surface area contributed by atoms with E-state index in [1.807, 2.05) is 24.3 Å². The lowest BCUT2D eigenvalue weighted by Gasteiger charge is -1.89. The lowest BCUT2D eigenvalue weighted by atomic mass is 10.2. The van der Waals surface area contributed by atoms with E-state index >= 15 is 0 Å². The molecule has 0 fully saturated rings. The van der Waals surface area contributed by atoms with Crippen molar-refractivity contribution < 1.29 is 4.79 Å². The summed E-state index contributed by atoms with van der Waals surface area (Å²) < 4.78 is 0. The smallest absolute Gasteiger partial charge is 0.348 e. The highest BCUT2D eigenvalue weighted by molar-refractivity contribution is 6.07. The summed E-state index contributed by atoms with van der Waals surface area (Å²) in [5.41, 5.74) is 6.37. The number of hydrogen-bond acceptors (Lipinski definition) is 3. The number of nitriles is 1. The highest BCUT2D eigenvalue weighted by atomic mass is 16.1. The molecule has 5 heteroatoms. The van der Waals surface area contributed by atoms with Crippen LogP contribution in [0.15, 0.2) is 29.3 Å². The van der Waals surface area contributed by atoms with E-state index in [1.165, 1.54) is 12.3 Å². The van der Waals surface area contributed by atoms with E-state index in [1.54, 1.807) is 0 Å². The SMILES string of the molecule is N#CC(=O)N=Cc1[nH]c(N)c2ccccc12. The van der Waals surface area contributed by atoms with Gasteiger partial charge in [-0.25, -0.2) is 4.99 Å². The maximum atomic E-state index is 10.7. The topological polar surface area (TPSA) is 95.0 Å². The fraction of sp³-hybridized carbons (Fsp3) is 0. The van der Waals surface area contributed by atoms with Crippen LogP contribution in [0.2, 0.25) is 0 Å². The predicted octanol–water partition coefficient (Wildman–Crippen LogP) is 1.22. The van der Waals surface area contributed by atoms with Crippen molar-refractivity contribution in [2.24, 2.45) is 4.99 Å². The van der Waals surface area contributed by atoms with Gasteiger partial charge in [0.2, 0.25) is 0 Å². The van der Waals surface area contributed by atoms with Gasteiger partial charge in [0.1, 0.15) is 5.82 Å². The second-order valence-electron chi connectivity index (χ2n) is 3.17. The molecule has 0 radical (unpaired) electrons. The van der Waals surface area contributed by atoms with Crippen LogP contribution in [-0.2, 0) is 4.79 Å². The van der Waals surface area contributed by atoms with Crippen LogP contribution >= 0.6 is 0 Å². The molecule has 0 spiro atoms. The summed E-state index contributed by atoms with van der Waals surface area (Å²) in [6.07, 6.45) is 1.31. The normalized spacial score (nSPS) is 10.7. The molecule has 1 aromatic heterocycles. The maximum Gasteiger partial charge on any atom is 0.348 e. The van der Waals surface area contributed by atoms with Crippen LogP contribution in [0.4, 0.5) is 5.82 Å². The quantitative estimate of drug-likeness (QED) is 0.549. The van der Waals surface area contributed by atoms with Crippen LogP contribution in [0.5, 0.6) is 0 Å². The Morgan fingerprint density at radius 2 is 2.12 bits per heavy atom. The number of anilines is 1. The lowest BCUT2D eigenvalue weighted by Crippen LogP contribution is -1.90. The minimum atomic E-state index is -0.836. The van der Waals surface area contributed by atoms with Gasteiger partial charge in [0.05, 0.1) is 11.9 Å². The Kier molecular flexibility index (Phi) is 2.40. The van der Waals surface area contributed by atoms with Crippen LogP contribution < -0.4 is 5.73 Å². The molecule has 78 valence electrons. The molecule has 5 nitrogen and oxygen atoms in total. The van der Waals surface area contributed by atoms with Crippen molar-refractivity contribution in [3.8, 4) is 6.07 Å². The molecule has 3 N–H and O–H groups in total. The molecule has 0 bridgehead atoms. The molecule has 1 aromatic carbocycles. The summed E-state index contributed by atoms with van der Waals surface area (Å²) in [6.45, 7) is 0. The average Bonchev–Trinajstić information content (AvgIpc) is 2.64. The summed E-state index contributed by atoms with van der Waals surface area (Å²) in [4.78, 5) is 17.1. The van der Waals surface area contributed by atoms with Gasteiger partial charge in [-0.3, -0.25) is 4.79 Å². The Morgan fingerprint density at radius 1 is 1.44 bits per heavy atom. The third-order valence-corrected chi connectivity index (χ3v) is 2.18. The van der Waals surface area contributed by atoms with Gasteiger partial charge in [-0.1, -0.05) is 24.3 Å². The van der Waals surface area contributed by atoms with Crippen molar-refractivity contribution in [1.29, 1.82) is 5.26 Å². The fourth-order valence-electron chi connectivity index (χ4n) is 1.49. The first-order chi connectivity index (χ1) is 7.72. The molecule has 1 amide bonds. The second-order valence-corrected chi connectivity index (χ2v) is 3.17. The van der Waals surface area contributed by atoms with E-state index in [-0.39, 0.29) is 0 Å². The number of aromatic amines is 1. The van der Waals surface area contributed by atoms with Crippen molar-refractivity contribution >= 4 is 28.7 Å². The van der Waals surface area contributed by atoms with Crippen LogP contribution in [0.3, 0.4) is 0 Å². The Morgan fingerprint density at radius 3 is 2.81 bits per heavy atom. The monoisotopic (exact) mass is 212 g/mol. The molecule has 0 saturated carbocycles. The summed E-state index contributed by atoms with van der Waals surface area (Å²) in [5, 5.41) is 10.0. The highest BCUT2D eigenvalue weighted by Crippen LogP contribution is 2.22. The number of carbonyl (C=O) groups excluding carboxylic acids is 1. The molecule has 0 aliphatic rings. The van der Waals surface area contributed by atoms with E-state index in [9.17, 15) is 4.79 Å². The van der Waals surface area contributed by atoms with Crippen molar-refractivity contribution in [2.45, 2.75) is 0 Å². The minimum absolute atomic E-state index is 0.515. The zero-order chi connectivity index (χ0) is 11.5. The van der Waals surface area contributed by atoms with Crippen molar-refractivity contribution in [1.82, 2.24) is 4.98 Å². The number of nitrogens with two attached hydrogens (primary N) is 1. The van der Waals surface area contributed by atoms with Gasteiger partial charge in [-0.15, -0.1) is 0 Å². The van der Waals surface area contributed by atoms with Crippen LogP contribution in [-0.4, -0.2) is 17.1 Å². The Labute approximate surface area is 91.2 Å². The lowest BCUT2D eigenvalue weighted by molar-refractivity contribution is -0.112. The Hall–Kier alpha value is -2.61. The highest BCUT2D eigenvalue weighted by Gasteiger charge is 2.05. The van der Waals surface area contributed by atoms with Crippen molar-refractivity contribution in [3.05, 3.63) is 30.0 Å². The predicted molar refractivity (Wildman–Crippen MR) is 60.9 cm³/mol. The fourth-order valence-corrected chi connectivity index (χ4v) is 1.49. The van der Waals surface area contributed by atoms with Crippen molar-refractivity contribution in [2.75, 3.05) is 5.73 Å². The molecule has 0 aliphatic carbocycles. The molecule has 0 aliphatic heterocycles. The number of nitrogens with one attached hydrogen (secondary N) is 1. The van der Waals surface area contributed by atoms with Gasteiger partial charge in [0, 0.05) is 10.8 Å². The van der Waals surface area contributed by atoms with E-state index < -0.39 is 5.91 Å². The number of H-pyrrole nitrogens is 1. The molecule has 2 rings (SSSR count). The molecule has 1 heterocycles. The summed E-state index contributed by atoms with van der Waals surface area (Å²) >= 11 is 0.